The number of rotatable bonds is 17. The Labute approximate surface area is 318 Å². The second-order valence-corrected chi connectivity index (χ2v) is 24.8. The summed E-state index contributed by atoms with van der Waals surface area (Å²) in [6.07, 6.45) is 4.71. The molecule has 284 valence electrons. The quantitative estimate of drug-likeness (QED) is 0.0448. The molecule has 0 spiro atoms. The van der Waals surface area contributed by atoms with Crippen LogP contribution in [0.15, 0.2) is 108 Å². The summed E-state index contributed by atoms with van der Waals surface area (Å²) < 4.78 is 38.8. The van der Waals surface area contributed by atoms with Gasteiger partial charge in [-0.2, -0.15) is 0 Å². The zero-order chi connectivity index (χ0) is 37.7. The van der Waals surface area contributed by atoms with Crippen LogP contribution in [0.4, 0.5) is 0 Å². The van der Waals surface area contributed by atoms with Crippen molar-refractivity contribution in [2.24, 2.45) is 11.3 Å². The predicted octanol–water partition coefficient (Wildman–Crippen LogP) is 8.94. The summed E-state index contributed by atoms with van der Waals surface area (Å²) >= 11 is 0. The molecule has 0 saturated carbocycles. The first-order valence-corrected chi connectivity index (χ1v) is 23.9. The summed E-state index contributed by atoms with van der Waals surface area (Å²) in [5.41, 5.74) is 1.30. The highest BCUT2D eigenvalue weighted by molar-refractivity contribution is 6.99. The van der Waals surface area contributed by atoms with Crippen LogP contribution < -0.4 is 19.8 Å². The lowest BCUT2D eigenvalue weighted by molar-refractivity contribution is -0.151. The van der Waals surface area contributed by atoms with Gasteiger partial charge in [0.2, 0.25) is 8.32 Å². The Kier molecular flexibility index (Phi) is 12.1. The highest BCUT2D eigenvalue weighted by atomic mass is 28.4. The van der Waals surface area contributed by atoms with Crippen LogP contribution in [0.5, 0.6) is 11.5 Å². The molecule has 1 heterocycles. The van der Waals surface area contributed by atoms with Crippen molar-refractivity contribution in [3.8, 4) is 11.5 Å². The highest BCUT2D eigenvalue weighted by Gasteiger charge is 2.60. The second-order valence-electron chi connectivity index (χ2n) is 15.8. The first kappa shape index (κ1) is 39.1. The fraction of sp³-hybridized carbons (Fsp3) is 0.477. The van der Waals surface area contributed by atoms with Crippen molar-refractivity contribution < 1.29 is 32.6 Å². The zero-order valence-corrected chi connectivity index (χ0v) is 34.7. The molecule has 0 radical (unpaired) electrons. The third kappa shape index (κ3) is 7.55. The minimum atomic E-state index is -2.83. The molecule has 3 aromatic carbocycles. The van der Waals surface area contributed by atoms with Gasteiger partial charge in [0.15, 0.2) is 6.79 Å². The molecule has 0 amide bonds. The van der Waals surface area contributed by atoms with Crippen LogP contribution in [0, 0.1) is 11.3 Å². The Hall–Kier alpha value is -3.64. The Morgan fingerprint density at radius 1 is 0.849 bits per heavy atom. The largest absolute Gasteiger partial charge is 0.546 e. The highest BCUT2D eigenvalue weighted by Crippen LogP contribution is 2.57. The molecular formula is C44H58O7Si2. The first-order valence-electron chi connectivity index (χ1n) is 19.5. The number of hydrogen-bond donors (Lipinski definition) is 0. The summed E-state index contributed by atoms with van der Waals surface area (Å²) in [5, 5.41) is 2.27. The molecule has 1 unspecified atom stereocenters. The SMILES string of the molecule is CC[Si](CC)(CC)OC1=C(COCOc2ccc(OC)cc2)C[C@@]2(CCO[Si](c3ccccc3)(c3ccccc3)C(C)(C)C)C(=O)OC3C2=CCC[C@H]13. The average molecular weight is 755 g/mol. The molecule has 3 atom stereocenters. The van der Waals surface area contributed by atoms with Gasteiger partial charge in [-0.3, -0.25) is 4.79 Å². The summed E-state index contributed by atoms with van der Waals surface area (Å²) in [6, 6.07) is 31.9. The number of ether oxygens (including phenoxy) is 4. The Balaban J connectivity index is 1.35. The minimum Gasteiger partial charge on any atom is -0.546 e. The maximum atomic E-state index is 14.4. The summed E-state index contributed by atoms with van der Waals surface area (Å²) in [5.74, 6) is 2.29. The molecular weight excluding hydrogens is 697 g/mol. The third-order valence-corrected chi connectivity index (χ3v) is 21.6. The van der Waals surface area contributed by atoms with Crippen LogP contribution in [-0.2, 0) is 23.1 Å². The second kappa shape index (κ2) is 16.4. The Morgan fingerprint density at radius 3 is 2.02 bits per heavy atom. The number of carbonyl (C=O) groups is 1. The predicted molar refractivity (Wildman–Crippen MR) is 216 cm³/mol. The maximum Gasteiger partial charge on any atom is 0.317 e. The first-order chi connectivity index (χ1) is 25.6. The van der Waals surface area contributed by atoms with E-state index >= 15 is 0 Å². The molecule has 9 heteroatoms. The van der Waals surface area contributed by atoms with E-state index in [-0.39, 0.29) is 29.8 Å². The van der Waals surface area contributed by atoms with Gasteiger partial charge in [0.05, 0.1) is 30.8 Å². The Bertz CT molecular complexity index is 1700. The van der Waals surface area contributed by atoms with Crippen LogP contribution in [0.1, 0.15) is 67.2 Å². The van der Waals surface area contributed by atoms with Gasteiger partial charge in [-0.15, -0.1) is 0 Å². The molecule has 7 nitrogen and oxygen atoms in total. The molecule has 4 bridgehead atoms. The molecule has 1 saturated heterocycles. The Morgan fingerprint density at radius 2 is 1.45 bits per heavy atom. The number of hydrogen-bond acceptors (Lipinski definition) is 7. The fourth-order valence-corrected chi connectivity index (χ4v) is 16.2. The van der Waals surface area contributed by atoms with Crippen LogP contribution in [0.2, 0.25) is 23.2 Å². The monoisotopic (exact) mass is 754 g/mol. The van der Waals surface area contributed by atoms with Crippen molar-refractivity contribution in [2.75, 3.05) is 27.1 Å². The van der Waals surface area contributed by atoms with Crippen molar-refractivity contribution >= 4 is 33.0 Å². The van der Waals surface area contributed by atoms with Gasteiger partial charge in [-0.1, -0.05) is 108 Å². The van der Waals surface area contributed by atoms with E-state index in [1.54, 1.807) is 7.11 Å². The minimum absolute atomic E-state index is 0.0291. The van der Waals surface area contributed by atoms with Crippen molar-refractivity contribution in [1.82, 2.24) is 0 Å². The maximum absolute atomic E-state index is 14.4. The lowest BCUT2D eigenvalue weighted by Gasteiger charge is -2.43. The van der Waals surface area contributed by atoms with Crippen LogP contribution in [-0.4, -0.2) is 55.8 Å². The lowest BCUT2D eigenvalue weighted by atomic mass is 9.71. The van der Waals surface area contributed by atoms with E-state index < -0.39 is 22.0 Å². The van der Waals surface area contributed by atoms with Crippen molar-refractivity contribution in [1.29, 1.82) is 0 Å². The molecule has 2 aliphatic carbocycles. The van der Waals surface area contributed by atoms with Crippen molar-refractivity contribution in [3.05, 3.63) is 108 Å². The van der Waals surface area contributed by atoms with Gasteiger partial charge in [-0.05, 0) is 94.6 Å². The fourth-order valence-electron chi connectivity index (χ4n) is 8.91. The topological polar surface area (TPSA) is 72.5 Å². The third-order valence-electron chi connectivity index (χ3n) is 12.1. The normalized spacial score (nSPS) is 21.5. The van der Waals surface area contributed by atoms with Crippen LogP contribution in [0.25, 0.3) is 0 Å². The molecule has 3 aromatic rings. The molecule has 1 aliphatic heterocycles. The standard InChI is InChI=1S/C44H58O7Si2/c1-8-52(9-2,10-3)51-40-33(31-47-32-48-35-26-24-34(46-7)25-27-35)30-44(39-23-17-22-38(40)41(39)50-42(44)45)28-29-49-53(43(4,5)6,36-18-13-11-14-19-36)37-20-15-12-16-21-37/h11-16,18-21,23-27,38,41H,8-10,17,22,28-32H2,1-7H3/t38-,41?,44-/m1/s1. The summed E-state index contributed by atoms with van der Waals surface area (Å²) in [4.78, 5) is 14.4. The summed E-state index contributed by atoms with van der Waals surface area (Å²) in [7, 11) is -3.26. The molecule has 53 heavy (non-hydrogen) atoms. The smallest absolute Gasteiger partial charge is 0.317 e. The van der Waals surface area contributed by atoms with Crippen LogP contribution >= 0.6 is 0 Å². The van der Waals surface area contributed by atoms with E-state index in [1.165, 1.54) is 10.4 Å². The number of esters is 1. The number of allylic oxidation sites excluding steroid dienone is 1. The number of carbonyl (C=O) groups excluding carboxylic acids is 1. The molecule has 0 aromatic heterocycles. The van der Waals surface area contributed by atoms with Gasteiger partial charge in [0, 0.05) is 6.61 Å². The molecule has 1 fully saturated rings. The zero-order valence-electron chi connectivity index (χ0n) is 32.7. The molecule has 0 N–H and O–H groups in total. The molecule has 3 aliphatic rings. The van der Waals surface area contributed by atoms with E-state index in [9.17, 15) is 4.79 Å². The van der Waals surface area contributed by atoms with Gasteiger partial charge in [-0.25, -0.2) is 0 Å². The number of methoxy groups -OCH3 is 1. The number of benzene rings is 3. The van der Waals surface area contributed by atoms with E-state index in [0.717, 1.165) is 53.6 Å². The van der Waals surface area contributed by atoms with E-state index in [2.05, 4.69) is 108 Å². The van der Waals surface area contributed by atoms with E-state index in [1.807, 2.05) is 24.3 Å². The van der Waals surface area contributed by atoms with E-state index in [4.69, 9.17) is 27.8 Å². The van der Waals surface area contributed by atoms with Crippen molar-refractivity contribution in [3.63, 3.8) is 0 Å². The van der Waals surface area contributed by atoms with Gasteiger partial charge >= 0.3 is 5.97 Å². The van der Waals surface area contributed by atoms with Crippen LogP contribution in [0.3, 0.4) is 0 Å². The lowest BCUT2D eigenvalue weighted by Crippen LogP contribution is -2.66. The average Bonchev–Trinajstić information content (AvgIpc) is 3.44. The van der Waals surface area contributed by atoms with Crippen molar-refractivity contribution in [2.45, 2.75) is 96.5 Å². The summed E-state index contributed by atoms with van der Waals surface area (Å²) in [6.45, 7) is 14.5. The molecule has 6 rings (SSSR count). The van der Waals surface area contributed by atoms with Gasteiger partial charge < -0.3 is 27.8 Å². The van der Waals surface area contributed by atoms with Gasteiger partial charge in [0.25, 0.3) is 8.32 Å². The van der Waals surface area contributed by atoms with Gasteiger partial charge in [0.1, 0.15) is 17.6 Å². The van der Waals surface area contributed by atoms with E-state index in [0.29, 0.717) is 31.8 Å².